The average Bonchev–Trinajstić information content (AvgIpc) is 2.30. The van der Waals surface area contributed by atoms with E-state index in [9.17, 15) is 0 Å². The first-order valence-electron chi connectivity index (χ1n) is 4.17. The van der Waals surface area contributed by atoms with Crippen molar-refractivity contribution in [2.24, 2.45) is 5.73 Å². The van der Waals surface area contributed by atoms with Crippen molar-refractivity contribution in [3.05, 3.63) is 16.1 Å². The summed E-state index contributed by atoms with van der Waals surface area (Å²) >= 11 is 1.72. The van der Waals surface area contributed by atoms with Crippen LogP contribution in [0.4, 0.5) is 0 Å². The second-order valence-electron chi connectivity index (χ2n) is 3.87. The van der Waals surface area contributed by atoms with Crippen LogP contribution in [0.5, 0.6) is 0 Å². The molecule has 3 heteroatoms. The summed E-state index contributed by atoms with van der Waals surface area (Å²) in [6, 6.07) is 0. The summed E-state index contributed by atoms with van der Waals surface area (Å²) in [5, 5.41) is 3.28. The van der Waals surface area contributed by atoms with E-state index in [1.807, 2.05) is 20.8 Å². The Hall–Kier alpha value is -0.410. The molecule has 1 rings (SSSR count). The summed E-state index contributed by atoms with van der Waals surface area (Å²) in [7, 11) is 0. The van der Waals surface area contributed by atoms with Gasteiger partial charge in [0.05, 0.1) is 5.01 Å². The van der Waals surface area contributed by atoms with Gasteiger partial charge in [-0.25, -0.2) is 4.98 Å². The minimum atomic E-state index is -0.0699. The summed E-state index contributed by atoms with van der Waals surface area (Å²) < 4.78 is 0. The normalized spacial score (nSPS) is 12.0. The third kappa shape index (κ3) is 3.32. The van der Waals surface area contributed by atoms with Crippen molar-refractivity contribution in [3.8, 4) is 0 Å². The van der Waals surface area contributed by atoms with E-state index in [2.05, 4.69) is 10.4 Å². The Morgan fingerprint density at radius 2 is 2.25 bits per heavy atom. The van der Waals surface area contributed by atoms with Gasteiger partial charge in [-0.1, -0.05) is 0 Å². The second kappa shape index (κ2) is 3.54. The van der Waals surface area contributed by atoms with Crippen molar-refractivity contribution < 1.29 is 0 Å². The Kier molecular flexibility index (Phi) is 2.85. The van der Waals surface area contributed by atoms with Crippen LogP contribution in [0.15, 0.2) is 5.38 Å². The van der Waals surface area contributed by atoms with Crippen molar-refractivity contribution in [3.63, 3.8) is 0 Å². The lowest BCUT2D eigenvalue weighted by molar-refractivity contribution is 0.476. The third-order valence-electron chi connectivity index (χ3n) is 1.65. The summed E-state index contributed by atoms with van der Waals surface area (Å²) in [5.41, 5.74) is 6.91. The predicted octanol–water partition coefficient (Wildman–Crippen LogP) is 2.12. The molecule has 2 N–H and O–H groups in total. The van der Waals surface area contributed by atoms with E-state index in [0.29, 0.717) is 0 Å². The maximum atomic E-state index is 5.87. The lowest BCUT2D eigenvalue weighted by Crippen LogP contribution is -2.32. The number of rotatable bonds is 3. The molecular formula is C9H16N2S. The SMILES string of the molecule is Cc1csc(CCC(C)(C)N)n1. The van der Waals surface area contributed by atoms with Crippen LogP contribution in [0.2, 0.25) is 0 Å². The van der Waals surface area contributed by atoms with Crippen LogP contribution < -0.4 is 5.73 Å². The summed E-state index contributed by atoms with van der Waals surface area (Å²) in [5.74, 6) is 0. The predicted molar refractivity (Wildman–Crippen MR) is 53.4 cm³/mol. The molecule has 2 nitrogen and oxygen atoms in total. The van der Waals surface area contributed by atoms with E-state index in [1.165, 1.54) is 5.01 Å². The smallest absolute Gasteiger partial charge is 0.0928 e. The van der Waals surface area contributed by atoms with Crippen molar-refractivity contribution in [2.75, 3.05) is 0 Å². The number of aromatic nitrogens is 1. The molecule has 68 valence electrons. The number of hydrogen-bond acceptors (Lipinski definition) is 3. The van der Waals surface area contributed by atoms with Crippen molar-refractivity contribution in [1.29, 1.82) is 0 Å². The Morgan fingerprint density at radius 1 is 1.58 bits per heavy atom. The molecule has 1 heterocycles. The lowest BCUT2D eigenvalue weighted by Gasteiger charge is -2.16. The number of thiazole rings is 1. The zero-order valence-corrected chi connectivity index (χ0v) is 8.74. The zero-order chi connectivity index (χ0) is 9.19. The summed E-state index contributed by atoms with van der Waals surface area (Å²) in [6.07, 6.45) is 2.00. The van der Waals surface area contributed by atoms with Gasteiger partial charge in [0.2, 0.25) is 0 Å². The monoisotopic (exact) mass is 184 g/mol. The van der Waals surface area contributed by atoms with Crippen LogP contribution in [0, 0.1) is 6.92 Å². The van der Waals surface area contributed by atoms with Crippen LogP contribution in [-0.2, 0) is 6.42 Å². The first kappa shape index (κ1) is 9.68. The standard InChI is InChI=1S/C9H16N2S/c1-7-6-12-8(11-7)4-5-9(2,3)10/h6H,4-5,10H2,1-3H3. The molecule has 0 aliphatic rings. The van der Waals surface area contributed by atoms with Gasteiger partial charge >= 0.3 is 0 Å². The van der Waals surface area contributed by atoms with Crippen LogP contribution in [0.3, 0.4) is 0 Å². The van der Waals surface area contributed by atoms with Gasteiger partial charge in [-0.15, -0.1) is 11.3 Å². The van der Waals surface area contributed by atoms with E-state index in [-0.39, 0.29) is 5.54 Å². The van der Waals surface area contributed by atoms with Crippen LogP contribution in [0.1, 0.15) is 31.0 Å². The van der Waals surface area contributed by atoms with Gasteiger partial charge in [0, 0.05) is 23.0 Å². The number of aryl methyl sites for hydroxylation is 2. The van der Waals surface area contributed by atoms with Gasteiger partial charge < -0.3 is 5.73 Å². The largest absolute Gasteiger partial charge is 0.326 e. The molecule has 0 aliphatic heterocycles. The van der Waals surface area contributed by atoms with Gasteiger partial charge in [0.1, 0.15) is 0 Å². The Morgan fingerprint density at radius 3 is 2.67 bits per heavy atom. The molecule has 0 aromatic carbocycles. The highest BCUT2D eigenvalue weighted by atomic mass is 32.1. The fraction of sp³-hybridized carbons (Fsp3) is 0.667. The molecule has 0 amide bonds. The van der Waals surface area contributed by atoms with E-state index in [1.54, 1.807) is 11.3 Å². The molecule has 12 heavy (non-hydrogen) atoms. The third-order valence-corrected chi connectivity index (χ3v) is 2.68. The van der Waals surface area contributed by atoms with Crippen molar-refractivity contribution in [1.82, 2.24) is 4.98 Å². The van der Waals surface area contributed by atoms with Crippen LogP contribution >= 0.6 is 11.3 Å². The second-order valence-corrected chi connectivity index (χ2v) is 4.81. The molecule has 0 radical (unpaired) electrons. The van der Waals surface area contributed by atoms with Crippen molar-refractivity contribution >= 4 is 11.3 Å². The molecule has 0 saturated carbocycles. The molecular weight excluding hydrogens is 168 g/mol. The number of nitrogens with two attached hydrogens (primary N) is 1. The van der Waals surface area contributed by atoms with Crippen LogP contribution in [0.25, 0.3) is 0 Å². The Labute approximate surface area is 77.8 Å². The first-order chi connectivity index (χ1) is 5.47. The van der Waals surface area contributed by atoms with Crippen molar-refractivity contribution in [2.45, 2.75) is 39.2 Å². The molecule has 1 aromatic heterocycles. The Bertz CT molecular complexity index is 247. The highest BCUT2D eigenvalue weighted by Crippen LogP contribution is 2.14. The minimum absolute atomic E-state index is 0.0699. The molecule has 0 atom stereocenters. The van der Waals surface area contributed by atoms with Gasteiger partial charge in [-0.3, -0.25) is 0 Å². The van der Waals surface area contributed by atoms with Gasteiger partial charge in [0.15, 0.2) is 0 Å². The fourth-order valence-electron chi connectivity index (χ4n) is 0.947. The summed E-state index contributed by atoms with van der Waals surface area (Å²) in [6.45, 7) is 6.12. The number of hydrogen-bond donors (Lipinski definition) is 1. The Balaban J connectivity index is 2.44. The van der Waals surface area contributed by atoms with Gasteiger partial charge in [-0.05, 0) is 27.2 Å². The highest BCUT2D eigenvalue weighted by molar-refractivity contribution is 7.09. The topological polar surface area (TPSA) is 38.9 Å². The van der Waals surface area contributed by atoms with E-state index in [4.69, 9.17) is 5.73 Å². The average molecular weight is 184 g/mol. The molecule has 0 aliphatic carbocycles. The highest BCUT2D eigenvalue weighted by Gasteiger charge is 2.11. The quantitative estimate of drug-likeness (QED) is 0.781. The zero-order valence-electron chi connectivity index (χ0n) is 7.92. The molecule has 0 spiro atoms. The fourth-order valence-corrected chi connectivity index (χ4v) is 1.72. The molecule has 0 fully saturated rings. The molecule has 0 bridgehead atoms. The maximum Gasteiger partial charge on any atom is 0.0928 e. The van der Waals surface area contributed by atoms with E-state index >= 15 is 0 Å². The molecule has 0 saturated heterocycles. The summed E-state index contributed by atoms with van der Waals surface area (Å²) in [4.78, 5) is 4.38. The molecule has 1 aromatic rings. The lowest BCUT2D eigenvalue weighted by atomic mass is 10.0. The molecule has 0 unspecified atom stereocenters. The van der Waals surface area contributed by atoms with Gasteiger partial charge in [-0.2, -0.15) is 0 Å². The van der Waals surface area contributed by atoms with E-state index < -0.39 is 0 Å². The van der Waals surface area contributed by atoms with E-state index in [0.717, 1.165) is 18.5 Å². The first-order valence-corrected chi connectivity index (χ1v) is 5.05. The minimum Gasteiger partial charge on any atom is -0.326 e. The number of nitrogens with zero attached hydrogens (tertiary/aromatic N) is 1. The van der Waals surface area contributed by atoms with Gasteiger partial charge in [0.25, 0.3) is 0 Å². The maximum absolute atomic E-state index is 5.87. The van der Waals surface area contributed by atoms with Crippen LogP contribution in [-0.4, -0.2) is 10.5 Å².